The topological polar surface area (TPSA) is 56.7 Å². The van der Waals surface area contributed by atoms with Crippen molar-refractivity contribution in [3.63, 3.8) is 0 Å². The molecule has 0 unspecified atom stereocenters. The first-order chi connectivity index (χ1) is 6.42. The summed E-state index contributed by atoms with van der Waals surface area (Å²) in [5.74, 6) is 0. The number of nitrogens with two attached hydrogens (primary N) is 1. The van der Waals surface area contributed by atoms with Crippen molar-refractivity contribution in [3.8, 4) is 5.69 Å². The molecule has 0 bridgehead atoms. The Labute approximate surface area is 88.2 Å². The summed E-state index contributed by atoms with van der Waals surface area (Å²) in [7, 11) is 0. The lowest BCUT2D eigenvalue weighted by molar-refractivity contribution is 0.857. The lowest BCUT2D eigenvalue weighted by Crippen LogP contribution is -2.04. The Morgan fingerprint density at radius 2 is 2.07 bits per heavy atom. The summed E-state index contributed by atoms with van der Waals surface area (Å²) in [5.41, 5.74) is 7.65. The fraction of sp³-hybridized carbons (Fsp3) is 0.111. The zero-order chi connectivity index (χ0) is 9.10. The number of nitrogens with zero attached hydrogens (tertiary/aromatic N) is 3. The van der Waals surface area contributed by atoms with E-state index in [4.69, 9.17) is 5.73 Å². The molecule has 0 radical (unpaired) electrons. The van der Waals surface area contributed by atoms with Crippen molar-refractivity contribution in [1.29, 1.82) is 0 Å². The van der Waals surface area contributed by atoms with Crippen molar-refractivity contribution in [2.24, 2.45) is 5.73 Å². The first kappa shape index (κ1) is 10.7. The first-order valence-corrected chi connectivity index (χ1v) is 4.05. The highest BCUT2D eigenvalue weighted by Gasteiger charge is 2.01. The molecule has 1 aromatic heterocycles. The van der Waals surface area contributed by atoms with Crippen molar-refractivity contribution < 1.29 is 0 Å². The standard InChI is InChI=1S/C9H10N4.ClH/c10-5-8-3-1-2-4-9(8)13-7-11-6-12-13;/h1-4,6-7H,5,10H2;1H. The van der Waals surface area contributed by atoms with Crippen LogP contribution in [-0.2, 0) is 6.54 Å². The molecular formula is C9H11ClN4. The van der Waals surface area contributed by atoms with Crippen LogP contribution >= 0.6 is 12.4 Å². The van der Waals surface area contributed by atoms with E-state index in [0.29, 0.717) is 6.54 Å². The maximum absolute atomic E-state index is 5.60. The Hall–Kier alpha value is -1.39. The van der Waals surface area contributed by atoms with E-state index in [2.05, 4.69) is 10.1 Å². The van der Waals surface area contributed by atoms with Gasteiger partial charge < -0.3 is 5.73 Å². The number of hydrogen-bond donors (Lipinski definition) is 1. The second-order valence-electron chi connectivity index (χ2n) is 2.67. The molecule has 0 saturated carbocycles. The lowest BCUT2D eigenvalue weighted by atomic mass is 10.2. The van der Waals surface area contributed by atoms with Crippen molar-refractivity contribution in [1.82, 2.24) is 14.8 Å². The summed E-state index contributed by atoms with van der Waals surface area (Å²) < 4.78 is 1.71. The molecule has 2 N–H and O–H groups in total. The quantitative estimate of drug-likeness (QED) is 0.809. The van der Waals surface area contributed by atoms with Gasteiger partial charge in [0.2, 0.25) is 0 Å². The van der Waals surface area contributed by atoms with Gasteiger partial charge in [-0.1, -0.05) is 18.2 Å². The molecule has 0 saturated heterocycles. The largest absolute Gasteiger partial charge is 0.326 e. The minimum absolute atomic E-state index is 0. The molecule has 1 heterocycles. The van der Waals surface area contributed by atoms with Crippen LogP contribution in [0.1, 0.15) is 5.56 Å². The molecule has 0 aliphatic rings. The maximum Gasteiger partial charge on any atom is 0.138 e. The fourth-order valence-corrected chi connectivity index (χ4v) is 1.24. The van der Waals surface area contributed by atoms with Gasteiger partial charge in [-0.3, -0.25) is 0 Å². The molecule has 0 aliphatic carbocycles. The van der Waals surface area contributed by atoms with E-state index in [1.807, 2.05) is 24.3 Å². The number of hydrogen-bond acceptors (Lipinski definition) is 3. The predicted molar refractivity (Wildman–Crippen MR) is 56.5 cm³/mol. The Morgan fingerprint density at radius 3 is 2.71 bits per heavy atom. The van der Waals surface area contributed by atoms with Gasteiger partial charge in [-0.15, -0.1) is 12.4 Å². The van der Waals surface area contributed by atoms with Crippen LogP contribution in [0.5, 0.6) is 0 Å². The highest BCUT2D eigenvalue weighted by molar-refractivity contribution is 5.85. The summed E-state index contributed by atoms with van der Waals surface area (Å²) in [6, 6.07) is 7.87. The van der Waals surface area contributed by atoms with E-state index >= 15 is 0 Å². The number of halogens is 1. The number of rotatable bonds is 2. The van der Waals surface area contributed by atoms with Gasteiger partial charge in [-0.2, -0.15) is 5.10 Å². The van der Waals surface area contributed by atoms with Crippen LogP contribution in [0.3, 0.4) is 0 Å². The molecule has 0 aliphatic heterocycles. The Morgan fingerprint density at radius 1 is 1.29 bits per heavy atom. The van der Waals surface area contributed by atoms with E-state index in [9.17, 15) is 0 Å². The molecular weight excluding hydrogens is 200 g/mol. The summed E-state index contributed by atoms with van der Waals surface area (Å²) in [6.45, 7) is 0.510. The van der Waals surface area contributed by atoms with E-state index in [1.54, 1.807) is 11.0 Å². The molecule has 0 spiro atoms. The van der Waals surface area contributed by atoms with Gasteiger partial charge in [-0.05, 0) is 11.6 Å². The molecule has 74 valence electrons. The summed E-state index contributed by atoms with van der Waals surface area (Å²) in [5, 5.41) is 4.05. The van der Waals surface area contributed by atoms with Crippen molar-refractivity contribution in [3.05, 3.63) is 42.5 Å². The fourth-order valence-electron chi connectivity index (χ4n) is 1.24. The molecule has 4 nitrogen and oxygen atoms in total. The zero-order valence-electron chi connectivity index (χ0n) is 7.50. The van der Waals surface area contributed by atoms with Crippen LogP contribution in [0.2, 0.25) is 0 Å². The molecule has 0 atom stereocenters. The highest BCUT2D eigenvalue weighted by atomic mass is 35.5. The van der Waals surface area contributed by atoms with Gasteiger partial charge in [0.1, 0.15) is 12.7 Å². The van der Waals surface area contributed by atoms with Crippen molar-refractivity contribution >= 4 is 12.4 Å². The Bertz CT molecular complexity index is 385. The predicted octanol–water partition coefficient (Wildman–Crippen LogP) is 1.15. The molecule has 2 rings (SSSR count). The Balaban J connectivity index is 0.000000980. The highest BCUT2D eigenvalue weighted by Crippen LogP contribution is 2.11. The van der Waals surface area contributed by atoms with Gasteiger partial charge in [0.25, 0.3) is 0 Å². The summed E-state index contributed by atoms with van der Waals surface area (Å²) in [6.07, 6.45) is 3.17. The smallest absolute Gasteiger partial charge is 0.138 e. The molecule has 0 amide bonds. The van der Waals surface area contributed by atoms with Crippen LogP contribution in [0.25, 0.3) is 5.69 Å². The maximum atomic E-state index is 5.60. The second-order valence-corrected chi connectivity index (χ2v) is 2.67. The summed E-state index contributed by atoms with van der Waals surface area (Å²) in [4.78, 5) is 3.88. The van der Waals surface area contributed by atoms with Gasteiger partial charge in [-0.25, -0.2) is 9.67 Å². The van der Waals surface area contributed by atoms with Crippen LogP contribution in [0.15, 0.2) is 36.9 Å². The van der Waals surface area contributed by atoms with Crippen molar-refractivity contribution in [2.45, 2.75) is 6.54 Å². The van der Waals surface area contributed by atoms with Gasteiger partial charge in [0, 0.05) is 6.54 Å². The number of aromatic nitrogens is 3. The van der Waals surface area contributed by atoms with Gasteiger partial charge >= 0.3 is 0 Å². The third-order valence-electron chi connectivity index (χ3n) is 1.88. The van der Waals surface area contributed by atoms with Crippen LogP contribution in [0.4, 0.5) is 0 Å². The minimum atomic E-state index is 0. The van der Waals surface area contributed by atoms with Gasteiger partial charge in [0.15, 0.2) is 0 Å². The minimum Gasteiger partial charge on any atom is -0.326 e. The SMILES string of the molecule is Cl.NCc1ccccc1-n1cncn1. The molecule has 5 heteroatoms. The molecule has 2 aromatic rings. The number of para-hydroxylation sites is 1. The van der Waals surface area contributed by atoms with Crippen LogP contribution in [0, 0.1) is 0 Å². The molecule has 1 aromatic carbocycles. The lowest BCUT2D eigenvalue weighted by Gasteiger charge is -2.05. The third-order valence-corrected chi connectivity index (χ3v) is 1.88. The average molecular weight is 211 g/mol. The monoisotopic (exact) mass is 210 g/mol. The van der Waals surface area contributed by atoms with E-state index in [0.717, 1.165) is 11.3 Å². The normalized spacial score (nSPS) is 9.50. The van der Waals surface area contributed by atoms with Crippen LogP contribution < -0.4 is 5.73 Å². The molecule has 0 fully saturated rings. The van der Waals surface area contributed by atoms with Crippen LogP contribution in [-0.4, -0.2) is 14.8 Å². The second kappa shape index (κ2) is 4.74. The summed E-state index contributed by atoms with van der Waals surface area (Å²) >= 11 is 0. The number of benzene rings is 1. The first-order valence-electron chi connectivity index (χ1n) is 4.05. The zero-order valence-corrected chi connectivity index (χ0v) is 8.31. The van der Waals surface area contributed by atoms with E-state index < -0.39 is 0 Å². The van der Waals surface area contributed by atoms with Crippen molar-refractivity contribution in [2.75, 3.05) is 0 Å². The Kier molecular flexibility index (Phi) is 3.62. The third kappa shape index (κ3) is 1.92. The van der Waals surface area contributed by atoms with Gasteiger partial charge in [0.05, 0.1) is 5.69 Å². The van der Waals surface area contributed by atoms with E-state index in [-0.39, 0.29) is 12.4 Å². The molecule has 14 heavy (non-hydrogen) atoms. The average Bonchev–Trinajstić information content (AvgIpc) is 2.70. The van der Waals surface area contributed by atoms with E-state index in [1.165, 1.54) is 6.33 Å².